The number of benzene rings is 2. The molecule has 6 atom stereocenters. The molecular weight excluding hydrogens is 324 g/mol. The highest BCUT2D eigenvalue weighted by Crippen LogP contribution is 2.65. The van der Waals surface area contributed by atoms with Crippen LogP contribution in [0.15, 0.2) is 59.7 Å². The van der Waals surface area contributed by atoms with E-state index in [9.17, 15) is 9.59 Å². The second kappa shape index (κ2) is 4.91. The van der Waals surface area contributed by atoms with E-state index in [0.29, 0.717) is 11.8 Å². The topological polar surface area (TPSA) is 49.7 Å². The molecule has 3 fully saturated rings. The van der Waals surface area contributed by atoms with E-state index in [2.05, 4.69) is 17.3 Å². The predicted octanol–water partition coefficient (Wildman–Crippen LogP) is 3.23. The van der Waals surface area contributed by atoms with Gasteiger partial charge in [0.15, 0.2) is 0 Å². The van der Waals surface area contributed by atoms with Crippen LogP contribution in [-0.4, -0.2) is 23.0 Å². The molecule has 5 aliphatic rings. The Morgan fingerprint density at radius 3 is 2.27 bits per heavy atom. The molecule has 4 heteroatoms. The molecule has 2 bridgehead atoms. The first-order valence-electron chi connectivity index (χ1n) is 9.32. The van der Waals surface area contributed by atoms with Crippen LogP contribution in [0.5, 0.6) is 0 Å². The van der Waals surface area contributed by atoms with Gasteiger partial charge in [-0.1, -0.05) is 54.6 Å². The normalized spacial score (nSPS) is 36.8. The molecule has 0 N–H and O–H groups in total. The van der Waals surface area contributed by atoms with Gasteiger partial charge in [0, 0.05) is 5.56 Å². The summed E-state index contributed by atoms with van der Waals surface area (Å²) in [5.41, 5.74) is 0.919. The van der Waals surface area contributed by atoms with E-state index < -0.39 is 0 Å². The molecule has 1 aliphatic heterocycles. The van der Waals surface area contributed by atoms with Gasteiger partial charge in [-0.2, -0.15) is 10.1 Å². The molecule has 1 heterocycles. The minimum atomic E-state index is -0.189. The van der Waals surface area contributed by atoms with Gasteiger partial charge < -0.3 is 0 Å². The lowest BCUT2D eigenvalue weighted by atomic mass is 9.63. The summed E-state index contributed by atoms with van der Waals surface area (Å²) in [5.74, 6) is 1.11. The van der Waals surface area contributed by atoms with Gasteiger partial charge in [-0.15, -0.1) is 0 Å². The summed E-state index contributed by atoms with van der Waals surface area (Å²) in [7, 11) is 0. The molecule has 0 spiro atoms. The van der Waals surface area contributed by atoms with E-state index in [4.69, 9.17) is 0 Å². The number of hydrogen-bond donors (Lipinski definition) is 0. The zero-order valence-electron chi connectivity index (χ0n) is 14.2. The number of hydrazone groups is 1. The van der Waals surface area contributed by atoms with E-state index in [1.54, 1.807) is 6.21 Å². The Bertz CT molecular complexity index is 982. The number of nitrogens with zero attached hydrogens (tertiary/aromatic N) is 2. The first-order valence-corrected chi connectivity index (χ1v) is 9.32. The predicted molar refractivity (Wildman–Crippen MR) is 98.1 cm³/mol. The van der Waals surface area contributed by atoms with E-state index >= 15 is 0 Å². The highest BCUT2D eigenvalue weighted by atomic mass is 16.2. The Hall–Kier alpha value is -2.75. The Morgan fingerprint density at radius 1 is 0.885 bits per heavy atom. The van der Waals surface area contributed by atoms with E-state index in [0.717, 1.165) is 21.3 Å². The fourth-order valence-corrected chi connectivity index (χ4v) is 5.54. The summed E-state index contributed by atoms with van der Waals surface area (Å²) in [5, 5.41) is 7.68. The van der Waals surface area contributed by atoms with Gasteiger partial charge in [-0.25, -0.2) is 0 Å². The third-order valence-corrected chi connectivity index (χ3v) is 6.78. The molecule has 2 aromatic carbocycles. The maximum atomic E-state index is 12.9. The Kier molecular flexibility index (Phi) is 2.72. The smallest absolute Gasteiger partial charge is 0.254 e. The zero-order chi connectivity index (χ0) is 17.4. The Labute approximate surface area is 151 Å². The highest BCUT2D eigenvalue weighted by molar-refractivity contribution is 6.07. The maximum Gasteiger partial charge on any atom is 0.254 e. The fraction of sp³-hybridized carbons (Fsp3) is 0.318. The summed E-state index contributed by atoms with van der Waals surface area (Å²) in [6.07, 6.45) is 7.20. The average Bonchev–Trinajstić information content (AvgIpc) is 3.45. The molecule has 7 rings (SSSR count). The lowest BCUT2D eigenvalue weighted by Crippen LogP contribution is -2.40. The number of amides is 2. The second-order valence-corrected chi connectivity index (χ2v) is 7.96. The summed E-state index contributed by atoms with van der Waals surface area (Å²) >= 11 is 0. The van der Waals surface area contributed by atoms with Gasteiger partial charge in [0.2, 0.25) is 0 Å². The SMILES string of the molecule is O=C1[C@H]2[C@@H]3C=C[C@H]([C@H]4C[C@H]34)[C@@H]2C(=O)N1/N=C/c1cccc2ccccc12. The third-order valence-electron chi connectivity index (χ3n) is 6.78. The quantitative estimate of drug-likeness (QED) is 0.478. The lowest BCUT2D eigenvalue weighted by molar-refractivity contribution is -0.140. The van der Waals surface area contributed by atoms with E-state index in [1.165, 1.54) is 6.42 Å². The fourth-order valence-electron chi connectivity index (χ4n) is 5.54. The van der Waals surface area contributed by atoms with E-state index in [-0.39, 0.29) is 35.5 Å². The van der Waals surface area contributed by atoms with Crippen molar-refractivity contribution in [2.24, 2.45) is 40.6 Å². The van der Waals surface area contributed by atoms with Crippen LogP contribution in [0.1, 0.15) is 12.0 Å². The van der Waals surface area contributed by atoms with Crippen molar-refractivity contribution in [2.75, 3.05) is 0 Å². The zero-order valence-corrected chi connectivity index (χ0v) is 14.2. The first kappa shape index (κ1) is 14.4. The van der Waals surface area contributed by atoms with Crippen LogP contribution in [0.25, 0.3) is 10.8 Å². The monoisotopic (exact) mass is 342 g/mol. The number of rotatable bonds is 2. The van der Waals surface area contributed by atoms with Gasteiger partial charge in [-0.3, -0.25) is 9.59 Å². The van der Waals surface area contributed by atoms with Crippen LogP contribution >= 0.6 is 0 Å². The number of fused-ring (bicyclic) bond motifs is 1. The van der Waals surface area contributed by atoms with Gasteiger partial charge in [0.25, 0.3) is 11.8 Å². The molecule has 4 nitrogen and oxygen atoms in total. The minimum absolute atomic E-state index is 0.110. The van der Waals surface area contributed by atoms with Crippen LogP contribution in [0.2, 0.25) is 0 Å². The third kappa shape index (κ3) is 1.77. The van der Waals surface area contributed by atoms with Gasteiger partial charge in [-0.05, 0) is 40.9 Å². The number of allylic oxidation sites excluding steroid dienone is 2. The second-order valence-electron chi connectivity index (χ2n) is 7.96. The number of carbonyl (C=O) groups excluding carboxylic acids is 2. The molecule has 1 saturated heterocycles. The van der Waals surface area contributed by atoms with Crippen molar-refractivity contribution in [3.8, 4) is 0 Å². The molecule has 0 unspecified atom stereocenters. The molecule has 0 radical (unpaired) electrons. The van der Waals surface area contributed by atoms with Crippen molar-refractivity contribution >= 4 is 28.8 Å². The van der Waals surface area contributed by atoms with Crippen molar-refractivity contribution in [2.45, 2.75) is 6.42 Å². The molecule has 2 saturated carbocycles. The summed E-state index contributed by atoms with van der Waals surface area (Å²) in [6, 6.07) is 14.0. The molecule has 4 aliphatic carbocycles. The number of carbonyl (C=O) groups is 2. The Morgan fingerprint density at radius 2 is 1.54 bits per heavy atom. The van der Waals surface area contributed by atoms with Gasteiger partial charge >= 0.3 is 0 Å². The van der Waals surface area contributed by atoms with E-state index in [1.807, 2.05) is 42.5 Å². The van der Waals surface area contributed by atoms with Gasteiger partial charge in [0.1, 0.15) is 0 Å². The first-order chi connectivity index (χ1) is 12.7. The maximum absolute atomic E-state index is 12.9. The standard InChI is InChI=1S/C22H18N2O2/c25-21-19-15-8-9-16(18-10-17(15)18)20(19)22(26)24(21)23-11-13-6-3-5-12-4-1-2-7-14(12)13/h1-9,11,15-20H,10H2/b23-11+/t15-,16-,17-,18-,19+,20+/m1/s1. The van der Waals surface area contributed by atoms with Crippen LogP contribution in [0.4, 0.5) is 0 Å². The minimum Gasteiger partial charge on any atom is -0.272 e. The lowest BCUT2D eigenvalue weighted by Gasteiger charge is -2.37. The van der Waals surface area contributed by atoms with Crippen LogP contribution in [0.3, 0.4) is 0 Å². The van der Waals surface area contributed by atoms with Crippen molar-refractivity contribution < 1.29 is 9.59 Å². The number of imide groups is 1. The summed E-state index contributed by atoms with van der Waals surface area (Å²) in [4.78, 5) is 25.9. The summed E-state index contributed by atoms with van der Waals surface area (Å²) in [6.45, 7) is 0. The molecule has 2 amide bonds. The van der Waals surface area contributed by atoms with Crippen LogP contribution in [-0.2, 0) is 9.59 Å². The van der Waals surface area contributed by atoms with Crippen molar-refractivity contribution in [3.63, 3.8) is 0 Å². The Balaban J connectivity index is 1.36. The molecule has 128 valence electrons. The number of hydrogen-bond acceptors (Lipinski definition) is 3. The largest absolute Gasteiger partial charge is 0.272 e. The molecule has 26 heavy (non-hydrogen) atoms. The van der Waals surface area contributed by atoms with Gasteiger partial charge in [0.05, 0.1) is 18.1 Å². The van der Waals surface area contributed by atoms with Crippen molar-refractivity contribution in [3.05, 3.63) is 60.2 Å². The van der Waals surface area contributed by atoms with Crippen molar-refractivity contribution in [1.82, 2.24) is 5.01 Å². The highest BCUT2D eigenvalue weighted by Gasteiger charge is 2.67. The van der Waals surface area contributed by atoms with Crippen LogP contribution in [0, 0.1) is 35.5 Å². The van der Waals surface area contributed by atoms with Crippen LogP contribution < -0.4 is 0 Å². The molecular formula is C22H18N2O2. The molecule has 2 aromatic rings. The average molecular weight is 342 g/mol. The molecule has 0 aromatic heterocycles. The van der Waals surface area contributed by atoms with Crippen molar-refractivity contribution in [1.29, 1.82) is 0 Å². The summed E-state index contributed by atoms with van der Waals surface area (Å²) < 4.78 is 0.